The summed E-state index contributed by atoms with van der Waals surface area (Å²) in [5, 5.41) is 0. The summed E-state index contributed by atoms with van der Waals surface area (Å²) in [4.78, 5) is 20.2. The summed E-state index contributed by atoms with van der Waals surface area (Å²) in [5.74, 6) is -2.21. The number of nitrogens with one attached hydrogen (secondary N) is 1. The van der Waals surface area contributed by atoms with Crippen LogP contribution in [0.2, 0.25) is 0 Å². The van der Waals surface area contributed by atoms with E-state index in [2.05, 4.69) is 15.0 Å². The number of nitrogens with two attached hydrogens (primary N) is 1. The minimum atomic E-state index is -1.03. The van der Waals surface area contributed by atoms with Gasteiger partial charge < -0.3 is 5.73 Å². The van der Waals surface area contributed by atoms with Crippen LogP contribution in [0.3, 0.4) is 0 Å². The van der Waals surface area contributed by atoms with Gasteiger partial charge in [0.2, 0.25) is 5.95 Å². The average Bonchev–Trinajstić information content (AvgIpc) is 2.20. The highest BCUT2D eigenvalue weighted by Gasteiger charge is 2.07. The summed E-state index contributed by atoms with van der Waals surface area (Å²) >= 11 is 0. The van der Waals surface area contributed by atoms with Crippen LogP contribution in [0.15, 0.2) is 23.0 Å². The summed E-state index contributed by atoms with van der Waals surface area (Å²) in [7, 11) is 0. The van der Waals surface area contributed by atoms with Gasteiger partial charge in [-0.25, -0.2) is 13.6 Å². The Morgan fingerprint density at radius 3 is 2.56 bits per heavy atom. The fourth-order valence-corrected chi connectivity index (χ4v) is 1.18. The standard InChI is InChI=1S/C9H6F2N4O/c10-5-2-1-4(3-6(5)11)7-13-8(12)15-9(16)14-7/h1-3H,(H3,12,13,14,15,16). The molecule has 0 saturated carbocycles. The minimum absolute atomic E-state index is 0.0383. The molecule has 0 saturated heterocycles. The largest absolute Gasteiger partial charge is 0.368 e. The van der Waals surface area contributed by atoms with Crippen molar-refractivity contribution in [1.29, 1.82) is 0 Å². The summed E-state index contributed by atoms with van der Waals surface area (Å²) in [5.41, 5.74) is 4.77. The van der Waals surface area contributed by atoms with Gasteiger partial charge in [0.1, 0.15) is 5.82 Å². The van der Waals surface area contributed by atoms with Crippen molar-refractivity contribution in [2.75, 3.05) is 5.73 Å². The number of benzene rings is 1. The molecule has 0 unspecified atom stereocenters. The molecule has 16 heavy (non-hydrogen) atoms. The van der Waals surface area contributed by atoms with Crippen LogP contribution in [0.5, 0.6) is 0 Å². The summed E-state index contributed by atoms with van der Waals surface area (Å²) in [6.45, 7) is 0. The number of H-pyrrole nitrogens is 1. The molecule has 82 valence electrons. The van der Waals surface area contributed by atoms with Gasteiger partial charge in [0.25, 0.3) is 0 Å². The molecule has 2 rings (SSSR count). The highest BCUT2D eigenvalue weighted by atomic mass is 19.2. The van der Waals surface area contributed by atoms with Gasteiger partial charge in [0.05, 0.1) is 0 Å². The molecule has 1 aromatic heterocycles. The Labute approximate surface area is 88.0 Å². The van der Waals surface area contributed by atoms with Crippen molar-refractivity contribution >= 4 is 5.95 Å². The van der Waals surface area contributed by atoms with Gasteiger partial charge in [0.15, 0.2) is 11.6 Å². The van der Waals surface area contributed by atoms with E-state index in [-0.39, 0.29) is 17.3 Å². The quantitative estimate of drug-likeness (QED) is 0.746. The Hall–Kier alpha value is -2.31. The van der Waals surface area contributed by atoms with E-state index in [9.17, 15) is 13.6 Å². The third-order valence-corrected chi connectivity index (χ3v) is 1.86. The first kappa shape index (κ1) is 10.2. The number of halogens is 2. The first-order valence-corrected chi connectivity index (χ1v) is 4.25. The number of hydrogen-bond acceptors (Lipinski definition) is 4. The number of aromatic nitrogens is 3. The topological polar surface area (TPSA) is 84.7 Å². The van der Waals surface area contributed by atoms with Crippen LogP contribution >= 0.6 is 0 Å². The maximum absolute atomic E-state index is 12.9. The fraction of sp³-hybridized carbons (Fsp3) is 0. The normalized spacial score (nSPS) is 10.4. The third-order valence-electron chi connectivity index (χ3n) is 1.86. The lowest BCUT2D eigenvalue weighted by Gasteiger charge is -2.01. The first-order chi connectivity index (χ1) is 7.56. The Balaban J connectivity index is 2.58. The minimum Gasteiger partial charge on any atom is -0.368 e. The Kier molecular flexibility index (Phi) is 2.35. The number of rotatable bonds is 1. The van der Waals surface area contributed by atoms with Crippen LogP contribution in [0.25, 0.3) is 11.4 Å². The number of anilines is 1. The lowest BCUT2D eigenvalue weighted by atomic mass is 10.2. The van der Waals surface area contributed by atoms with E-state index in [0.717, 1.165) is 12.1 Å². The van der Waals surface area contributed by atoms with Crippen molar-refractivity contribution in [2.24, 2.45) is 0 Å². The highest BCUT2D eigenvalue weighted by Crippen LogP contribution is 2.16. The molecule has 0 radical (unpaired) electrons. The average molecular weight is 224 g/mol. The predicted molar refractivity (Wildman–Crippen MR) is 52.4 cm³/mol. The van der Waals surface area contributed by atoms with Crippen molar-refractivity contribution in [2.45, 2.75) is 0 Å². The SMILES string of the molecule is Nc1nc(-c2ccc(F)c(F)c2)[nH]c(=O)n1. The molecule has 0 spiro atoms. The Morgan fingerprint density at radius 1 is 1.19 bits per heavy atom. The van der Waals surface area contributed by atoms with E-state index in [1.165, 1.54) is 6.07 Å². The van der Waals surface area contributed by atoms with Crippen molar-refractivity contribution in [3.8, 4) is 11.4 Å². The second-order valence-corrected chi connectivity index (χ2v) is 2.99. The third kappa shape index (κ3) is 1.88. The van der Waals surface area contributed by atoms with Crippen molar-refractivity contribution < 1.29 is 8.78 Å². The summed E-state index contributed by atoms with van der Waals surface area (Å²) in [6.07, 6.45) is 0. The fourth-order valence-electron chi connectivity index (χ4n) is 1.18. The lowest BCUT2D eigenvalue weighted by Crippen LogP contribution is -2.15. The Bertz CT molecular complexity index is 596. The van der Waals surface area contributed by atoms with Gasteiger partial charge in [-0.15, -0.1) is 0 Å². The van der Waals surface area contributed by atoms with E-state index < -0.39 is 17.3 Å². The van der Waals surface area contributed by atoms with Gasteiger partial charge in [0, 0.05) is 5.56 Å². The molecule has 2 aromatic rings. The second kappa shape index (κ2) is 3.69. The van der Waals surface area contributed by atoms with Crippen LogP contribution < -0.4 is 11.4 Å². The summed E-state index contributed by atoms with van der Waals surface area (Å²) < 4.78 is 25.6. The molecule has 1 aromatic carbocycles. The monoisotopic (exact) mass is 224 g/mol. The molecular formula is C9H6F2N4O. The van der Waals surface area contributed by atoms with Gasteiger partial charge in [-0.1, -0.05) is 0 Å². The van der Waals surface area contributed by atoms with E-state index in [0.29, 0.717) is 0 Å². The molecule has 0 aliphatic heterocycles. The Morgan fingerprint density at radius 2 is 1.94 bits per heavy atom. The van der Waals surface area contributed by atoms with Crippen LogP contribution in [-0.2, 0) is 0 Å². The van der Waals surface area contributed by atoms with Crippen molar-refractivity contribution in [1.82, 2.24) is 15.0 Å². The van der Waals surface area contributed by atoms with E-state index in [1.54, 1.807) is 0 Å². The van der Waals surface area contributed by atoms with Gasteiger partial charge in [-0.2, -0.15) is 9.97 Å². The van der Waals surface area contributed by atoms with Crippen LogP contribution in [0.1, 0.15) is 0 Å². The molecule has 0 fully saturated rings. The zero-order valence-corrected chi connectivity index (χ0v) is 7.87. The maximum atomic E-state index is 12.9. The zero-order chi connectivity index (χ0) is 11.7. The molecule has 3 N–H and O–H groups in total. The molecule has 5 nitrogen and oxygen atoms in total. The number of hydrogen-bond donors (Lipinski definition) is 2. The zero-order valence-electron chi connectivity index (χ0n) is 7.87. The molecule has 0 aliphatic carbocycles. The predicted octanol–water partition coefficient (Wildman–Crippen LogP) is 0.692. The highest BCUT2D eigenvalue weighted by molar-refractivity contribution is 5.55. The maximum Gasteiger partial charge on any atom is 0.349 e. The molecular weight excluding hydrogens is 218 g/mol. The van der Waals surface area contributed by atoms with E-state index in [4.69, 9.17) is 5.73 Å². The second-order valence-electron chi connectivity index (χ2n) is 2.99. The number of nitrogens with zero attached hydrogens (tertiary/aromatic N) is 2. The smallest absolute Gasteiger partial charge is 0.349 e. The molecule has 0 atom stereocenters. The van der Waals surface area contributed by atoms with Crippen LogP contribution in [0.4, 0.5) is 14.7 Å². The van der Waals surface area contributed by atoms with Gasteiger partial charge in [-0.3, -0.25) is 4.98 Å². The number of aromatic amines is 1. The van der Waals surface area contributed by atoms with Crippen LogP contribution in [-0.4, -0.2) is 15.0 Å². The number of nitrogen functional groups attached to an aromatic ring is 1. The van der Waals surface area contributed by atoms with E-state index >= 15 is 0 Å². The molecule has 0 aliphatic rings. The molecule has 0 amide bonds. The van der Waals surface area contributed by atoms with Gasteiger partial charge >= 0.3 is 5.69 Å². The first-order valence-electron chi connectivity index (χ1n) is 4.25. The molecule has 7 heteroatoms. The van der Waals surface area contributed by atoms with E-state index in [1.807, 2.05) is 0 Å². The van der Waals surface area contributed by atoms with Crippen molar-refractivity contribution in [3.63, 3.8) is 0 Å². The lowest BCUT2D eigenvalue weighted by molar-refractivity contribution is 0.509. The van der Waals surface area contributed by atoms with Crippen LogP contribution in [0, 0.1) is 11.6 Å². The van der Waals surface area contributed by atoms with Crippen molar-refractivity contribution in [3.05, 3.63) is 40.3 Å². The van der Waals surface area contributed by atoms with Gasteiger partial charge in [-0.05, 0) is 18.2 Å². The molecule has 1 heterocycles. The summed E-state index contributed by atoms with van der Waals surface area (Å²) in [6, 6.07) is 3.12. The molecule has 0 bridgehead atoms.